The van der Waals surface area contributed by atoms with Gasteiger partial charge < -0.3 is 28.8 Å². The van der Waals surface area contributed by atoms with Crippen LogP contribution >= 0.6 is 0 Å². The molecule has 0 aromatic rings. The molecule has 0 aliphatic carbocycles. The van der Waals surface area contributed by atoms with E-state index in [2.05, 4.69) is 5.92 Å². The van der Waals surface area contributed by atoms with Crippen molar-refractivity contribution < 1.29 is 43.2 Å². The summed E-state index contributed by atoms with van der Waals surface area (Å²) in [6.45, 7) is 2.68. The van der Waals surface area contributed by atoms with Crippen LogP contribution in [0.15, 0.2) is 0 Å². The van der Waals surface area contributed by atoms with Gasteiger partial charge in [-0.05, 0) is 0 Å². The molecule has 0 aromatic heterocycles. The molecule has 0 saturated carbocycles. The maximum atomic E-state index is 11.4. The summed E-state index contributed by atoms with van der Waals surface area (Å²) in [7, 11) is 0. The molecule has 1 saturated heterocycles. The Balaban J connectivity index is 3.18. The number of esters is 3. The highest BCUT2D eigenvalue weighted by molar-refractivity contribution is 5.68. The third kappa shape index (κ3) is 5.49. The molecule has 1 rings (SSSR count). The van der Waals surface area contributed by atoms with E-state index in [9.17, 15) is 19.5 Å². The molecule has 0 unspecified atom stereocenters. The zero-order chi connectivity index (χ0) is 18.3. The van der Waals surface area contributed by atoms with Crippen LogP contribution in [0.3, 0.4) is 0 Å². The number of hydrogen-bond donors (Lipinski definition) is 1. The van der Waals surface area contributed by atoms with Gasteiger partial charge in [0.25, 0.3) is 0 Å². The number of hydrogen-bond acceptors (Lipinski definition) is 9. The van der Waals surface area contributed by atoms with E-state index in [4.69, 9.17) is 30.1 Å². The summed E-state index contributed by atoms with van der Waals surface area (Å²) in [6.07, 6.45) is -0.797. The number of carbonyl (C=O) groups excluding carboxylic acids is 3. The molecule has 5 atom stereocenters. The highest BCUT2D eigenvalue weighted by Gasteiger charge is 2.52. The normalized spacial score (nSPS) is 29.2. The van der Waals surface area contributed by atoms with Crippen LogP contribution < -0.4 is 0 Å². The van der Waals surface area contributed by atoms with Crippen molar-refractivity contribution in [2.45, 2.75) is 51.5 Å². The average molecular weight is 344 g/mol. The molecule has 24 heavy (non-hydrogen) atoms. The van der Waals surface area contributed by atoms with Crippen molar-refractivity contribution in [1.82, 2.24) is 0 Å². The van der Waals surface area contributed by atoms with Crippen LogP contribution in [0.4, 0.5) is 0 Å². The van der Waals surface area contributed by atoms with Crippen LogP contribution in [0.25, 0.3) is 0 Å². The Hall–Kier alpha value is -2.15. The van der Waals surface area contributed by atoms with Gasteiger partial charge in [-0.25, -0.2) is 0 Å². The SMILES string of the molecule is C#CCO[C@@H]1O[C@H](CO)[C@@H](OC(C)=O)[C@H](OC(C)=O)[C@H]1OC(C)=O. The van der Waals surface area contributed by atoms with Gasteiger partial charge in [0, 0.05) is 20.8 Å². The number of ether oxygens (including phenoxy) is 5. The van der Waals surface area contributed by atoms with Crippen LogP contribution in [0.5, 0.6) is 0 Å². The minimum atomic E-state index is -1.23. The molecule has 0 spiro atoms. The smallest absolute Gasteiger partial charge is 0.303 e. The highest BCUT2D eigenvalue weighted by Crippen LogP contribution is 2.29. The topological polar surface area (TPSA) is 118 Å². The maximum absolute atomic E-state index is 11.4. The average Bonchev–Trinajstić information content (AvgIpc) is 2.48. The fourth-order valence-corrected chi connectivity index (χ4v) is 2.27. The molecule has 134 valence electrons. The van der Waals surface area contributed by atoms with Crippen molar-refractivity contribution in [2.75, 3.05) is 13.2 Å². The summed E-state index contributed by atoms with van der Waals surface area (Å²) >= 11 is 0. The summed E-state index contributed by atoms with van der Waals surface area (Å²) < 4.78 is 26.1. The first-order valence-electron chi connectivity index (χ1n) is 7.13. The summed E-state index contributed by atoms with van der Waals surface area (Å²) in [5, 5.41) is 9.48. The lowest BCUT2D eigenvalue weighted by atomic mass is 9.98. The van der Waals surface area contributed by atoms with Crippen LogP contribution in [0, 0.1) is 12.3 Å². The standard InChI is InChI=1S/C15H20O9/c1-5-6-20-15-14(23-10(4)19)13(22-9(3)18)12(21-8(2)17)11(7-16)24-15/h1,11-16H,6-7H2,2-4H3/t11-,12-,13+,14-,15-/m1/s1. The molecule has 0 amide bonds. The van der Waals surface area contributed by atoms with Gasteiger partial charge in [0.05, 0.1) is 6.61 Å². The second-order valence-corrected chi connectivity index (χ2v) is 4.96. The minimum Gasteiger partial charge on any atom is -0.456 e. The fraction of sp³-hybridized carbons (Fsp3) is 0.667. The number of aliphatic hydroxyl groups excluding tert-OH is 1. The minimum absolute atomic E-state index is 0.175. The lowest BCUT2D eigenvalue weighted by Gasteiger charge is -2.43. The lowest BCUT2D eigenvalue weighted by molar-refractivity contribution is -0.305. The van der Waals surface area contributed by atoms with E-state index in [1.54, 1.807) is 0 Å². The number of aliphatic hydroxyl groups is 1. The van der Waals surface area contributed by atoms with Crippen molar-refractivity contribution in [3.63, 3.8) is 0 Å². The summed E-state index contributed by atoms with van der Waals surface area (Å²) in [6, 6.07) is 0. The van der Waals surface area contributed by atoms with E-state index in [-0.39, 0.29) is 6.61 Å². The first-order chi connectivity index (χ1) is 11.3. The third-order valence-corrected chi connectivity index (χ3v) is 3.01. The van der Waals surface area contributed by atoms with E-state index < -0.39 is 55.2 Å². The van der Waals surface area contributed by atoms with Crippen LogP contribution in [-0.2, 0) is 38.1 Å². The van der Waals surface area contributed by atoms with E-state index in [1.807, 2.05) is 0 Å². The molecule has 1 heterocycles. The zero-order valence-electron chi connectivity index (χ0n) is 13.6. The monoisotopic (exact) mass is 344 g/mol. The van der Waals surface area contributed by atoms with Gasteiger partial charge in [0.15, 0.2) is 24.6 Å². The van der Waals surface area contributed by atoms with E-state index in [0.29, 0.717) is 0 Å². The molecular weight excluding hydrogens is 324 g/mol. The van der Waals surface area contributed by atoms with Crippen molar-refractivity contribution in [1.29, 1.82) is 0 Å². The predicted octanol–water partition coefficient (Wildman–Crippen LogP) is -0.851. The van der Waals surface area contributed by atoms with Crippen molar-refractivity contribution in [3.05, 3.63) is 0 Å². The van der Waals surface area contributed by atoms with E-state index in [1.165, 1.54) is 0 Å². The summed E-state index contributed by atoms with van der Waals surface area (Å²) in [5.74, 6) is 0.131. The molecule has 0 aromatic carbocycles. The first kappa shape index (κ1) is 19.9. The highest BCUT2D eigenvalue weighted by atomic mass is 16.7. The van der Waals surface area contributed by atoms with E-state index in [0.717, 1.165) is 20.8 Å². The fourth-order valence-electron chi connectivity index (χ4n) is 2.27. The summed E-state index contributed by atoms with van der Waals surface area (Å²) in [4.78, 5) is 34.1. The number of rotatable bonds is 6. The van der Waals surface area contributed by atoms with Gasteiger partial charge in [-0.15, -0.1) is 6.42 Å². The van der Waals surface area contributed by atoms with E-state index >= 15 is 0 Å². The predicted molar refractivity (Wildman–Crippen MR) is 77.2 cm³/mol. The largest absolute Gasteiger partial charge is 0.456 e. The Morgan fingerprint density at radius 1 is 1.00 bits per heavy atom. The Morgan fingerprint density at radius 3 is 1.96 bits per heavy atom. The Bertz CT molecular complexity index is 510. The van der Waals surface area contributed by atoms with Gasteiger partial charge >= 0.3 is 17.9 Å². The second-order valence-electron chi connectivity index (χ2n) is 4.96. The van der Waals surface area contributed by atoms with Gasteiger partial charge in [0.1, 0.15) is 12.7 Å². The molecule has 0 bridgehead atoms. The molecule has 9 heteroatoms. The van der Waals surface area contributed by atoms with Gasteiger partial charge in [-0.3, -0.25) is 14.4 Å². The molecule has 9 nitrogen and oxygen atoms in total. The zero-order valence-corrected chi connectivity index (χ0v) is 13.6. The first-order valence-corrected chi connectivity index (χ1v) is 7.13. The maximum Gasteiger partial charge on any atom is 0.303 e. The third-order valence-electron chi connectivity index (χ3n) is 3.01. The molecular formula is C15H20O9. The molecule has 1 aliphatic rings. The molecule has 1 fully saturated rings. The lowest BCUT2D eigenvalue weighted by Crippen LogP contribution is -2.62. The molecule has 1 N–H and O–H groups in total. The number of terminal acetylenes is 1. The van der Waals surface area contributed by atoms with Crippen molar-refractivity contribution in [2.24, 2.45) is 0 Å². The van der Waals surface area contributed by atoms with Crippen molar-refractivity contribution >= 4 is 17.9 Å². The Kier molecular flexibility index (Phi) is 7.64. The Labute approximate surface area is 139 Å². The van der Waals surface area contributed by atoms with Gasteiger partial charge in [-0.2, -0.15) is 0 Å². The van der Waals surface area contributed by atoms with Crippen molar-refractivity contribution in [3.8, 4) is 12.3 Å². The second kappa shape index (κ2) is 9.22. The van der Waals surface area contributed by atoms with Crippen LogP contribution in [-0.4, -0.2) is 66.9 Å². The Morgan fingerprint density at radius 2 is 1.50 bits per heavy atom. The van der Waals surface area contributed by atoms with Crippen LogP contribution in [0.1, 0.15) is 20.8 Å². The quantitative estimate of drug-likeness (QED) is 0.373. The molecule has 1 aliphatic heterocycles. The van der Waals surface area contributed by atoms with Gasteiger partial charge in [-0.1, -0.05) is 5.92 Å². The van der Waals surface area contributed by atoms with Gasteiger partial charge in [0.2, 0.25) is 0 Å². The summed E-state index contributed by atoms with van der Waals surface area (Å²) in [5.41, 5.74) is 0. The number of carbonyl (C=O) groups is 3. The van der Waals surface area contributed by atoms with Crippen LogP contribution in [0.2, 0.25) is 0 Å². The molecule has 0 radical (unpaired) electrons.